The molecule has 4 nitrogen and oxygen atoms in total. The summed E-state index contributed by atoms with van der Waals surface area (Å²) in [4.78, 5) is 6.38. The molecule has 0 aromatic heterocycles. The molecule has 7 heteroatoms. The molecular weight excluding hydrogens is 473 g/mol. The molecule has 0 amide bonds. The highest BCUT2D eigenvalue weighted by atomic mass is 127. The monoisotopic (exact) mass is 500 g/mol. The standard InChI is InChI=1S/C21H26F2N4.HI/c1-15-5-3-4-6-17(15)13-26-21(24-2)25-12-16-9-10-27(14-16)18-7-8-19(22)20(23)11-18;/h3-8,11,16H,9-10,12-14H2,1-2H3,(H2,24,25,26);1H. The predicted molar refractivity (Wildman–Crippen MR) is 121 cm³/mol. The van der Waals surface area contributed by atoms with Gasteiger partial charge in [-0.05, 0) is 42.5 Å². The van der Waals surface area contributed by atoms with Gasteiger partial charge in [0.2, 0.25) is 0 Å². The van der Waals surface area contributed by atoms with Crippen molar-refractivity contribution >= 4 is 35.6 Å². The van der Waals surface area contributed by atoms with E-state index in [2.05, 4.69) is 39.6 Å². The van der Waals surface area contributed by atoms with Crippen molar-refractivity contribution in [2.24, 2.45) is 10.9 Å². The molecule has 152 valence electrons. The Morgan fingerprint density at radius 2 is 1.93 bits per heavy atom. The number of aryl methyl sites for hydroxylation is 1. The summed E-state index contributed by atoms with van der Waals surface area (Å²) in [7, 11) is 1.76. The Morgan fingerprint density at radius 1 is 1.14 bits per heavy atom. The lowest BCUT2D eigenvalue weighted by molar-refractivity contribution is 0.508. The van der Waals surface area contributed by atoms with Gasteiger partial charge in [-0.25, -0.2) is 8.78 Å². The third-order valence-electron chi connectivity index (χ3n) is 5.04. The van der Waals surface area contributed by atoms with Gasteiger partial charge in [-0.1, -0.05) is 24.3 Å². The fourth-order valence-corrected chi connectivity index (χ4v) is 3.36. The van der Waals surface area contributed by atoms with E-state index in [1.54, 1.807) is 13.1 Å². The topological polar surface area (TPSA) is 39.7 Å². The van der Waals surface area contributed by atoms with Crippen LogP contribution in [0.15, 0.2) is 47.5 Å². The molecule has 28 heavy (non-hydrogen) atoms. The van der Waals surface area contributed by atoms with Crippen LogP contribution in [0, 0.1) is 24.5 Å². The number of halogens is 3. The molecule has 1 fully saturated rings. The normalized spacial score (nSPS) is 16.6. The first kappa shape index (κ1) is 22.4. The number of benzene rings is 2. The number of nitrogens with zero attached hydrogens (tertiary/aromatic N) is 2. The molecule has 0 spiro atoms. The molecule has 1 atom stereocenters. The first-order chi connectivity index (χ1) is 13.1. The highest BCUT2D eigenvalue weighted by Gasteiger charge is 2.23. The number of nitrogens with one attached hydrogen (secondary N) is 2. The van der Waals surface area contributed by atoms with Crippen molar-refractivity contribution in [3.05, 3.63) is 65.2 Å². The van der Waals surface area contributed by atoms with Gasteiger partial charge in [0.05, 0.1) is 0 Å². The average molecular weight is 500 g/mol. The Labute approximate surface area is 182 Å². The number of hydrogen-bond donors (Lipinski definition) is 2. The molecule has 3 rings (SSSR count). The summed E-state index contributed by atoms with van der Waals surface area (Å²) < 4.78 is 26.6. The zero-order chi connectivity index (χ0) is 19.2. The number of rotatable bonds is 5. The molecule has 1 heterocycles. The van der Waals surface area contributed by atoms with Gasteiger partial charge in [0.15, 0.2) is 17.6 Å². The lowest BCUT2D eigenvalue weighted by atomic mass is 10.1. The lowest BCUT2D eigenvalue weighted by Gasteiger charge is -2.20. The van der Waals surface area contributed by atoms with E-state index in [1.165, 1.54) is 23.3 Å². The van der Waals surface area contributed by atoms with E-state index >= 15 is 0 Å². The van der Waals surface area contributed by atoms with Crippen LogP contribution in [0.3, 0.4) is 0 Å². The highest BCUT2D eigenvalue weighted by Crippen LogP contribution is 2.25. The van der Waals surface area contributed by atoms with E-state index < -0.39 is 11.6 Å². The molecule has 1 unspecified atom stereocenters. The van der Waals surface area contributed by atoms with Crippen molar-refractivity contribution in [2.75, 3.05) is 31.6 Å². The minimum absolute atomic E-state index is 0. The molecule has 1 saturated heterocycles. The van der Waals surface area contributed by atoms with E-state index in [1.807, 2.05) is 12.1 Å². The average Bonchev–Trinajstić information content (AvgIpc) is 3.14. The molecule has 0 radical (unpaired) electrons. The second-order valence-corrected chi connectivity index (χ2v) is 6.93. The first-order valence-electron chi connectivity index (χ1n) is 9.26. The largest absolute Gasteiger partial charge is 0.371 e. The molecule has 0 aliphatic carbocycles. The molecular formula is C21H27F2IN4. The maximum absolute atomic E-state index is 13.4. The van der Waals surface area contributed by atoms with Crippen LogP contribution in [0.1, 0.15) is 17.5 Å². The van der Waals surface area contributed by atoms with Gasteiger partial charge in [-0.2, -0.15) is 0 Å². The zero-order valence-electron chi connectivity index (χ0n) is 16.2. The summed E-state index contributed by atoms with van der Waals surface area (Å²) in [5, 5.41) is 6.71. The van der Waals surface area contributed by atoms with Gasteiger partial charge < -0.3 is 15.5 Å². The van der Waals surface area contributed by atoms with Crippen LogP contribution in [0.2, 0.25) is 0 Å². The van der Waals surface area contributed by atoms with Crippen LogP contribution in [0.25, 0.3) is 0 Å². The van der Waals surface area contributed by atoms with E-state index in [0.717, 1.165) is 44.2 Å². The van der Waals surface area contributed by atoms with Crippen LogP contribution >= 0.6 is 24.0 Å². The minimum atomic E-state index is -0.806. The Hall–Kier alpha value is -1.90. The Balaban J connectivity index is 0.00000280. The maximum Gasteiger partial charge on any atom is 0.191 e. The molecule has 2 N–H and O–H groups in total. The van der Waals surface area contributed by atoms with E-state index in [0.29, 0.717) is 5.92 Å². The van der Waals surface area contributed by atoms with Crippen molar-refractivity contribution in [3.8, 4) is 0 Å². The number of guanidine groups is 1. The van der Waals surface area contributed by atoms with E-state index in [9.17, 15) is 8.78 Å². The van der Waals surface area contributed by atoms with Crippen LogP contribution < -0.4 is 15.5 Å². The van der Waals surface area contributed by atoms with Crippen molar-refractivity contribution in [1.29, 1.82) is 0 Å². The van der Waals surface area contributed by atoms with Gasteiger partial charge in [-0.15, -0.1) is 24.0 Å². The first-order valence-corrected chi connectivity index (χ1v) is 9.26. The molecule has 0 bridgehead atoms. The summed E-state index contributed by atoms with van der Waals surface area (Å²) in [5.41, 5.74) is 3.22. The van der Waals surface area contributed by atoms with Crippen molar-refractivity contribution < 1.29 is 8.78 Å². The SMILES string of the molecule is CN=C(NCc1ccccc1C)NCC1CCN(c2ccc(F)c(F)c2)C1.I. The Morgan fingerprint density at radius 3 is 2.64 bits per heavy atom. The smallest absolute Gasteiger partial charge is 0.191 e. The molecule has 2 aromatic rings. The van der Waals surface area contributed by atoms with Crippen LogP contribution in [0.4, 0.5) is 14.5 Å². The van der Waals surface area contributed by atoms with Crippen LogP contribution in [-0.2, 0) is 6.54 Å². The molecule has 1 aliphatic rings. The van der Waals surface area contributed by atoms with E-state index in [4.69, 9.17) is 0 Å². The summed E-state index contributed by atoms with van der Waals surface area (Å²) >= 11 is 0. The van der Waals surface area contributed by atoms with Crippen molar-refractivity contribution in [1.82, 2.24) is 10.6 Å². The lowest BCUT2D eigenvalue weighted by Crippen LogP contribution is -2.40. The van der Waals surface area contributed by atoms with Gasteiger partial charge in [-0.3, -0.25) is 4.99 Å². The highest BCUT2D eigenvalue weighted by molar-refractivity contribution is 14.0. The quantitative estimate of drug-likeness (QED) is 0.370. The van der Waals surface area contributed by atoms with Gasteiger partial charge in [0, 0.05) is 45.0 Å². The number of aliphatic imine (C=N–C) groups is 1. The molecule has 2 aromatic carbocycles. The summed E-state index contributed by atoms with van der Waals surface area (Å²) in [6.45, 7) is 5.25. The summed E-state index contributed by atoms with van der Waals surface area (Å²) in [5.74, 6) is -0.408. The summed E-state index contributed by atoms with van der Waals surface area (Å²) in [6, 6.07) is 12.4. The van der Waals surface area contributed by atoms with Crippen molar-refractivity contribution in [2.45, 2.75) is 19.9 Å². The van der Waals surface area contributed by atoms with E-state index in [-0.39, 0.29) is 24.0 Å². The second kappa shape index (κ2) is 10.6. The fraction of sp³-hybridized carbons (Fsp3) is 0.381. The minimum Gasteiger partial charge on any atom is -0.371 e. The van der Waals surface area contributed by atoms with Gasteiger partial charge in [0.1, 0.15) is 0 Å². The molecule has 0 saturated carbocycles. The van der Waals surface area contributed by atoms with Crippen LogP contribution in [-0.4, -0.2) is 32.6 Å². The second-order valence-electron chi connectivity index (χ2n) is 6.93. The van der Waals surface area contributed by atoms with Crippen LogP contribution in [0.5, 0.6) is 0 Å². The number of anilines is 1. The Kier molecular flexibility index (Phi) is 8.47. The third kappa shape index (κ3) is 5.80. The Bertz CT molecular complexity index is 813. The van der Waals surface area contributed by atoms with Crippen molar-refractivity contribution in [3.63, 3.8) is 0 Å². The summed E-state index contributed by atoms with van der Waals surface area (Å²) in [6.07, 6.45) is 1.00. The molecule has 1 aliphatic heterocycles. The maximum atomic E-state index is 13.4. The number of hydrogen-bond acceptors (Lipinski definition) is 2. The third-order valence-corrected chi connectivity index (χ3v) is 5.04. The fourth-order valence-electron chi connectivity index (χ4n) is 3.36. The van der Waals surface area contributed by atoms with Gasteiger partial charge in [0.25, 0.3) is 0 Å². The van der Waals surface area contributed by atoms with Gasteiger partial charge >= 0.3 is 0 Å². The predicted octanol–water partition coefficient (Wildman–Crippen LogP) is 4.08. The zero-order valence-corrected chi connectivity index (χ0v) is 18.5.